The summed E-state index contributed by atoms with van der Waals surface area (Å²) in [7, 11) is -7.10. The molecule has 0 saturated heterocycles. The van der Waals surface area contributed by atoms with Crippen LogP contribution in [0.4, 0.5) is 34.1 Å². The lowest BCUT2D eigenvalue weighted by atomic mass is 10.1. The number of phenols is 1. The number of methoxy groups -OCH3 is 2. The van der Waals surface area contributed by atoms with Gasteiger partial charge in [-0.15, -0.1) is 20.5 Å². The van der Waals surface area contributed by atoms with Gasteiger partial charge in [0.05, 0.1) is 53.0 Å². The van der Waals surface area contributed by atoms with Gasteiger partial charge in [-0.3, -0.25) is 19.0 Å². The van der Waals surface area contributed by atoms with Crippen LogP contribution in [0.2, 0.25) is 0 Å². The smallest absolute Gasteiger partial charge is 0.335 e. The number of aromatic nitrogens is 2. The molecule has 6 N–H and O–H groups in total. The van der Waals surface area contributed by atoms with Crippen LogP contribution in [0.3, 0.4) is 0 Å². The molecule has 0 fully saturated rings. The second kappa shape index (κ2) is 16.3. The van der Waals surface area contributed by atoms with E-state index in [1.54, 1.807) is 0 Å². The topological polar surface area (TPSA) is 334 Å². The molecule has 1 heterocycles. The molecule has 60 heavy (non-hydrogen) atoms. The number of aromatic amines is 1. The van der Waals surface area contributed by atoms with Crippen molar-refractivity contribution in [2.45, 2.75) is 16.7 Å². The summed E-state index contributed by atoms with van der Waals surface area (Å²) in [5.41, 5.74) is -2.16. The standard InChI is InChI=1S/C36H28N8O14S2/c1-17-31(34(46)44(43-17)23-5-4-6-24(14-23)59(51,52)53)41-37-21-8-7-18-12-30(60(54,55)56)32(33(45)25(18)13-21)42-40-27-16-28(57-2)26(15-29(27)58-3)39-38-22-10-19(35(47)48)9-20(11-22)36(49)50/h4-16,43,45H,1-3H3,(H,47,48)(H,49,50)(H,51,52,53)(H,54,55,56). The Bertz CT molecular complexity index is 3110. The Hall–Kier alpha value is -7.67. The summed E-state index contributed by atoms with van der Waals surface area (Å²) in [5, 5.41) is 57.0. The lowest BCUT2D eigenvalue weighted by molar-refractivity contribution is 0.0696. The molecule has 22 nitrogen and oxygen atoms in total. The van der Waals surface area contributed by atoms with Gasteiger partial charge in [-0.2, -0.15) is 27.1 Å². The number of ether oxygens (including phenoxy) is 2. The Morgan fingerprint density at radius 2 is 1.27 bits per heavy atom. The van der Waals surface area contributed by atoms with E-state index in [9.17, 15) is 55.6 Å². The number of H-pyrrole nitrogens is 1. The third kappa shape index (κ3) is 8.75. The number of aromatic carboxylic acids is 2. The Morgan fingerprint density at radius 1 is 0.683 bits per heavy atom. The molecular weight excluding hydrogens is 833 g/mol. The number of carboxylic acid groups (broad SMARTS) is 2. The first-order chi connectivity index (χ1) is 28.3. The fraction of sp³-hybridized carbons (Fsp3) is 0.0833. The van der Waals surface area contributed by atoms with Crippen molar-refractivity contribution in [2.75, 3.05) is 14.2 Å². The lowest BCUT2D eigenvalue weighted by Crippen LogP contribution is -2.14. The monoisotopic (exact) mass is 860 g/mol. The number of carboxylic acids is 2. The predicted octanol–water partition coefficient (Wildman–Crippen LogP) is 7.49. The van der Waals surface area contributed by atoms with Gasteiger partial charge in [0.1, 0.15) is 33.5 Å². The number of benzene rings is 5. The molecule has 24 heteroatoms. The molecule has 0 bridgehead atoms. The highest BCUT2D eigenvalue weighted by Crippen LogP contribution is 2.45. The summed E-state index contributed by atoms with van der Waals surface area (Å²) < 4.78 is 79.5. The molecule has 0 saturated carbocycles. The van der Waals surface area contributed by atoms with Crippen LogP contribution in [0.25, 0.3) is 16.5 Å². The van der Waals surface area contributed by atoms with E-state index in [1.807, 2.05) is 0 Å². The molecule has 0 spiro atoms. The van der Waals surface area contributed by atoms with E-state index in [0.717, 1.165) is 41.1 Å². The van der Waals surface area contributed by atoms with Crippen molar-refractivity contribution in [2.24, 2.45) is 30.7 Å². The van der Waals surface area contributed by atoms with Gasteiger partial charge in [0.2, 0.25) is 0 Å². The van der Waals surface area contributed by atoms with Crippen LogP contribution in [0.5, 0.6) is 17.2 Å². The van der Waals surface area contributed by atoms with Crippen LogP contribution in [0.15, 0.2) is 124 Å². The third-order valence-corrected chi connectivity index (χ3v) is 10.1. The first-order valence-corrected chi connectivity index (χ1v) is 19.5. The van der Waals surface area contributed by atoms with Gasteiger partial charge in [0.15, 0.2) is 11.4 Å². The van der Waals surface area contributed by atoms with Crippen molar-refractivity contribution in [3.8, 4) is 22.9 Å². The summed E-state index contributed by atoms with van der Waals surface area (Å²) in [6, 6.07) is 15.6. The molecule has 6 aromatic rings. The number of rotatable bonds is 13. The van der Waals surface area contributed by atoms with E-state index in [4.69, 9.17) is 9.47 Å². The average Bonchev–Trinajstić information content (AvgIpc) is 3.49. The van der Waals surface area contributed by atoms with Gasteiger partial charge in [-0.05, 0) is 66.9 Å². The molecule has 0 aliphatic rings. The second-order valence-corrected chi connectivity index (χ2v) is 15.1. The normalized spacial score (nSPS) is 12.2. The highest BCUT2D eigenvalue weighted by molar-refractivity contribution is 7.86. The largest absolute Gasteiger partial charge is 0.505 e. The molecule has 5 aromatic carbocycles. The average molecular weight is 861 g/mol. The minimum absolute atomic E-state index is 0.000113. The summed E-state index contributed by atoms with van der Waals surface area (Å²) in [5.74, 6) is -3.61. The lowest BCUT2D eigenvalue weighted by Gasteiger charge is -2.11. The number of nitrogens with one attached hydrogen (secondary N) is 1. The SMILES string of the molecule is COc1cc(N=Nc2c(S(=O)(=O)O)cc3ccc(N=Nc4c(C)[nH]n(-c5cccc(S(=O)(=O)O)c5)c4=O)cc3c2O)c(OC)cc1N=Nc1cc(C(=O)O)cc(C(=O)O)c1. The third-order valence-electron chi connectivity index (χ3n) is 8.42. The zero-order chi connectivity index (χ0) is 43.7. The summed E-state index contributed by atoms with van der Waals surface area (Å²) >= 11 is 0. The van der Waals surface area contributed by atoms with E-state index in [0.29, 0.717) is 0 Å². The Balaban J connectivity index is 1.37. The quantitative estimate of drug-likeness (QED) is 0.0484. The van der Waals surface area contributed by atoms with Crippen molar-refractivity contribution in [1.29, 1.82) is 0 Å². The molecule has 0 unspecified atom stereocenters. The molecule has 0 atom stereocenters. The fourth-order valence-corrected chi connectivity index (χ4v) is 6.74. The second-order valence-electron chi connectivity index (χ2n) is 12.3. The van der Waals surface area contributed by atoms with Crippen LogP contribution < -0.4 is 15.0 Å². The van der Waals surface area contributed by atoms with Crippen molar-refractivity contribution >= 4 is 77.1 Å². The van der Waals surface area contributed by atoms with E-state index < -0.39 is 59.0 Å². The number of carbonyl (C=O) groups is 2. The molecule has 0 aliphatic carbocycles. The van der Waals surface area contributed by atoms with Crippen LogP contribution in [0.1, 0.15) is 26.4 Å². The molecule has 1 aromatic heterocycles. The molecular formula is C36H28N8O14S2. The fourth-order valence-electron chi connectivity index (χ4n) is 5.57. The predicted molar refractivity (Wildman–Crippen MR) is 209 cm³/mol. The number of hydrogen-bond acceptors (Lipinski definition) is 16. The Labute approximate surface area is 336 Å². The van der Waals surface area contributed by atoms with E-state index in [1.165, 1.54) is 63.6 Å². The maximum Gasteiger partial charge on any atom is 0.335 e. The first kappa shape index (κ1) is 41.9. The highest BCUT2D eigenvalue weighted by Gasteiger charge is 2.23. The number of azo groups is 3. The van der Waals surface area contributed by atoms with Gasteiger partial charge in [-0.25, -0.2) is 14.3 Å². The van der Waals surface area contributed by atoms with Crippen LogP contribution >= 0.6 is 0 Å². The number of phenolic OH excluding ortho intramolecular Hbond substituents is 1. The zero-order valence-corrected chi connectivity index (χ0v) is 32.5. The van der Waals surface area contributed by atoms with Crippen LogP contribution in [-0.2, 0) is 20.2 Å². The molecule has 0 amide bonds. The summed E-state index contributed by atoms with van der Waals surface area (Å²) in [4.78, 5) is 35.0. The van der Waals surface area contributed by atoms with Crippen molar-refractivity contribution in [3.05, 3.63) is 106 Å². The zero-order valence-electron chi connectivity index (χ0n) is 30.9. The molecule has 6 rings (SSSR count). The van der Waals surface area contributed by atoms with Gasteiger partial charge in [0.25, 0.3) is 25.8 Å². The maximum absolute atomic E-state index is 13.2. The van der Waals surface area contributed by atoms with Crippen molar-refractivity contribution in [3.63, 3.8) is 0 Å². The van der Waals surface area contributed by atoms with Crippen molar-refractivity contribution < 1.29 is 60.3 Å². The number of aromatic hydroxyl groups is 1. The van der Waals surface area contributed by atoms with Gasteiger partial charge < -0.3 is 24.8 Å². The van der Waals surface area contributed by atoms with Gasteiger partial charge >= 0.3 is 11.9 Å². The number of nitrogens with zero attached hydrogens (tertiary/aromatic N) is 7. The number of aryl methyl sites for hydroxylation is 1. The Kier molecular flexibility index (Phi) is 11.4. The van der Waals surface area contributed by atoms with E-state index in [-0.39, 0.29) is 73.2 Å². The van der Waals surface area contributed by atoms with Gasteiger partial charge in [0, 0.05) is 17.5 Å². The number of hydrogen-bond donors (Lipinski definition) is 6. The molecule has 0 radical (unpaired) electrons. The summed E-state index contributed by atoms with van der Waals surface area (Å²) in [6.45, 7) is 1.50. The van der Waals surface area contributed by atoms with Crippen LogP contribution in [-0.4, -0.2) is 77.2 Å². The molecule has 0 aliphatic heterocycles. The van der Waals surface area contributed by atoms with Crippen LogP contribution in [0, 0.1) is 6.92 Å². The van der Waals surface area contributed by atoms with Crippen molar-refractivity contribution in [1.82, 2.24) is 9.78 Å². The first-order valence-electron chi connectivity index (χ1n) is 16.6. The minimum Gasteiger partial charge on any atom is -0.505 e. The van der Waals surface area contributed by atoms with E-state index in [2.05, 4.69) is 35.8 Å². The van der Waals surface area contributed by atoms with E-state index >= 15 is 0 Å². The van der Waals surface area contributed by atoms with Gasteiger partial charge in [-0.1, -0.05) is 12.1 Å². The number of fused-ring (bicyclic) bond motifs is 1. The maximum atomic E-state index is 13.2. The molecule has 308 valence electrons. The Morgan fingerprint density at radius 3 is 1.83 bits per heavy atom. The summed E-state index contributed by atoms with van der Waals surface area (Å²) in [6.07, 6.45) is 0. The highest BCUT2D eigenvalue weighted by atomic mass is 32.2. The minimum atomic E-state index is -5.04.